The van der Waals surface area contributed by atoms with Crippen molar-refractivity contribution in [1.29, 1.82) is 0 Å². The molecular weight excluding hydrogens is 279 g/mol. The molecule has 0 aromatic heterocycles. The monoisotopic (exact) mass is 282 g/mol. The molecule has 0 amide bonds. The van der Waals surface area contributed by atoms with Crippen LogP contribution in [0.3, 0.4) is 0 Å². The highest BCUT2D eigenvalue weighted by atomic mass is 127. The van der Waals surface area contributed by atoms with E-state index in [-0.39, 0.29) is 9.03 Å². The number of hydrogen-bond acceptors (Lipinski definition) is 0. The van der Waals surface area contributed by atoms with Crippen molar-refractivity contribution in [3.63, 3.8) is 0 Å². The van der Waals surface area contributed by atoms with E-state index in [1.54, 1.807) is 22.6 Å². The van der Waals surface area contributed by atoms with E-state index in [9.17, 15) is 13.2 Å². The molecule has 1 aromatic carbocycles. The Morgan fingerprint density at radius 1 is 1.25 bits per heavy atom. The molecule has 5 heteroatoms. The van der Waals surface area contributed by atoms with Gasteiger partial charge in [0.05, 0.1) is 5.56 Å². The quantitative estimate of drug-likeness (QED) is 0.505. The fourth-order valence-electron chi connectivity index (χ4n) is 0.760. The van der Waals surface area contributed by atoms with Crippen LogP contribution >= 0.6 is 22.6 Å². The lowest BCUT2D eigenvalue weighted by atomic mass is 9.94. The first-order valence-electron chi connectivity index (χ1n) is 3.03. The molecule has 0 N–H and O–H groups in total. The van der Waals surface area contributed by atoms with Gasteiger partial charge < -0.3 is 0 Å². The molecule has 0 aliphatic heterocycles. The smallest absolute Gasteiger partial charge is 0.166 e. The van der Waals surface area contributed by atoms with E-state index >= 15 is 0 Å². The molecule has 0 saturated heterocycles. The summed E-state index contributed by atoms with van der Waals surface area (Å²) in [6, 6.07) is 3.72. The van der Waals surface area contributed by atoms with Gasteiger partial charge in [-0.3, -0.25) is 0 Å². The fourth-order valence-corrected chi connectivity index (χ4v) is 1.40. The van der Waals surface area contributed by atoms with Crippen molar-refractivity contribution < 1.29 is 13.2 Å². The highest BCUT2D eigenvalue weighted by Crippen LogP contribution is 2.31. The van der Waals surface area contributed by atoms with Crippen molar-refractivity contribution in [3.05, 3.63) is 27.3 Å². The average molecular weight is 282 g/mol. The zero-order valence-electron chi connectivity index (χ0n) is 5.82. The third-order valence-electron chi connectivity index (χ3n) is 1.30. The summed E-state index contributed by atoms with van der Waals surface area (Å²) in [6.07, 6.45) is -4.31. The van der Waals surface area contributed by atoms with Crippen LogP contribution < -0.4 is 5.46 Å². The zero-order chi connectivity index (χ0) is 9.35. The summed E-state index contributed by atoms with van der Waals surface area (Å²) >= 11 is 1.63. The summed E-state index contributed by atoms with van der Waals surface area (Å²) in [4.78, 5) is 0. The highest BCUT2D eigenvalue weighted by Gasteiger charge is 2.32. The van der Waals surface area contributed by atoms with Gasteiger partial charge in [-0.25, -0.2) is 0 Å². The van der Waals surface area contributed by atoms with Gasteiger partial charge >= 0.3 is 6.18 Å². The first-order valence-corrected chi connectivity index (χ1v) is 4.11. The minimum Gasteiger partial charge on any atom is -0.166 e. The predicted molar refractivity (Wildman–Crippen MR) is 49.5 cm³/mol. The Kier molecular flexibility index (Phi) is 2.70. The van der Waals surface area contributed by atoms with Gasteiger partial charge in [0, 0.05) is 3.57 Å². The topological polar surface area (TPSA) is 0 Å². The largest absolute Gasteiger partial charge is 0.417 e. The van der Waals surface area contributed by atoms with Gasteiger partial charge in [-0.05, 0) is 28.7 Å². The van der Waals surface area contributed by atoms with Gasteiger partial charge in [0.1, 0.15) is 7.85 Å². The lowest BCUT2D eigenvalue weighted by Gasteiger charge is -2.09. The van der Waals surface area contributed by atoms with Gasteiger partial charge in [-0.1, -0.05) is 17.6 Å². The third kappa shape index (κ3) is 2.15. The zero-order valence-corrected chi connectivity index (χ0v) is 7.98. The van der Waals surface area contributed by atoms with Crippen LogP contribution in [-0.2, 0) is 6.18 Å². The van der Waals surface area contributed by atoms with Gasteiger partial charge in [-0.15, -0.1) is 0 Å². The van der Waals surface area contributed by atoms with Crippen LogP contribution in [0.4, 0.5) is 13.2 Å². The first kappa shape index (κ1) is 9.89. The van der Waals surface area contributed by atoms with Crippen molar-refractivity contribution in [2.45, 2.75) is 6.18 Å². The Hall–Kier alpha value is -0.195. The van der Waals surface area contributed by atoms with E-state index < -0.39 is 11.7 Å². The molecule has 0 heterocycles. The number of rotatable bonds is 0. The standard InChI is InChI=1S/C7H3BF3I/c8-4-1-2-6(12)5(3-4)7(9,10)11/h1-3H. The summed E-state index contributed by atoms with van der Waals surface area (Å²) in [5.41, 5.74) is -0.550. The molecule has 0 fully saturated rings. The normalized spacial score (nSPS) is 11.7. The van der Waals surface area contributed by atoms with E-state index in [2.05, 4.69) is 0 Å². The molecule has 0 atom stereocenters. The Bertz CT molecular complexity index is 295. The van der Waals surface area contributed by atoms with Crippen LogP contribution in [-0.4, -0.2) is 7.85 Å². The molecule has 1 rings (SSSR count). The second kappa shape index (κ2) is 3.28. The van der Waals surface area contributed by atoms with E-state index in [4.69, 9.17) is 7.85 Å². The Balaban J connectivity index is 3.23. The summed E-state index contributed by atoms with van der Waals surface area (Å²) in [5.74, 6) is 0. The van der Waals surface area contributed by atoms with Gasteiger partial charge in [0.15, 0.2) is 0 Å². The first-order chi connectivity index (χ1) is 5.41. The third-order valence-corrected chi connectivity index (χ3v) is 2.24. The molecule has 12 heavy (non-hydrogen) atoms. The molecule has 1 aromatic rings. The second-order valence-electron chi connectivity index (χ2n) is 2.24. The van der Waals surface area contributed by atoms with E-state index in [0.717, 1.165) is 6.07 Å². The lowest BCUT2D eigenvalue weighted by Crippen LogP contribution is -2.13. The molecule has 0 spiro atoms. The molecule has 2 radical (unpaired) electrons. The molecular formula is C7H3BF3I. The van der Waals surface area contributed by atoms with Crippen LogP contribution in [0.15, 0.2) is 18.2 Å². The van der Waals surface area contributed by atoms with E-state index in [0.29, 0.717) is 0 Å². The number of hydrogen-bond donors (Lipinski definition) is 0. The van der Waals surface area contributed by atoms with E-state index in [1.807, 2.05) is 0 Å². The fraction of sp³-hybridized carbons (Fsp3) is 0.143. The minimum atomic E-state index is -4.31. The molecule has 0 nitrogen and oxygen atoms in total. The molecule has 0 aliphatic rings. The molecule has 0 bridgehead atoms. The highest BCUT2D eigenvalue weighted by molar-refractivity contribution is 14.1. The predicted octanol–water partition coefficient (Wildman–Crippen LogP) is 2.10. The van der Waals surface area contributed by atoms with Crippen molar-refractivity contribution in [2.24, 2.45) is 0 Å². The Labute approximate surface area is 82.7 Å². The van der Waals surface area contributed by atoms with Crippen LogP contribution in [0.5, 0.6) is 0 Å². The SMILES string of the molecule is [B]c1ccc(I)c(C(F)(F)F)c1. The maximum absolute atomic E-state index is 12.2. The summed E-state index contributed by atoms with van der Waals surface area (Å²) in [7, 11) is 5.22. The average Bonchev–Trinajstić information content (AvgIpc) is 1.92. The van der Waals surface area contributed by atoms with Crippen LogP contribution in [0, 0.1) is 3.57 Å². The number of halogens is 4. The summed E-state index contributed by atoms with van der Waals surface area (Å²) in [5, 5.41) is 0. The number of benzene rings is 1. The van der Waals surface area contributed by atoms with Gasteiger partial charge in [0.2, 0.25) is 0 Å². The van der Waals surface area contributed by atoms with Crippen LogP contribution in [0.2, 0.25) is 0 Å². The number of alkyl halides is 3. The molecule has 62 valence electrons. The van der Waals surface area contributed by atoms with Crippen LogP contribution in [0.1, 0.15) is 5.56 Å². The van der Waals surface area contributed by atoms with Gasteiger partial charge in [-0.2, -0.15) is 13.2 Å². The van der Waals surface area contributed by atoms with Crippen molar-refractivity contribution >= 4 is 35.9 Å². The Morgan fingerprint density at radius 2 is 1.83 bits per heavy atom. The maximum atomic E-state index is 12.2. The van der Waals surface area contributed by atoms with Crippen molar-refractivity contribution in [3.8, 4) is 0 Å². The maximum Gasteiger partial charge on any atom is 0.417 e. The summed E-state index contributed by atoms with van der Waals surface area (Å²) < 4.78 is 36.7. The van der Waals surface area contributed by atoms with Crippen molar-refractivity contribution in [2.75, 3.05) is 0 Å². The Morgan fingerprint density at radius 3 is 2.25 bits per heavy atom. The van der Waals surface area contributed by atoms with Crippen molar-refractivity contribution in [1.82, 2.24) is 0 Å². The molecule has 0 saturated carbocycles. The molecule has 0 aliphatic carbocycles. The van der Waals surface area contributed by atoms with Crippen LogP contribution in [0.25, 0.3) is 0 Å². The lowest BCUT2D eigenvalue weighted by molar-refractivity contribution is -0.138. The molecule has 0 unspecified atom stereocenters. The van der Waals surface area contributed by atoms with Gasteiger partial charge in [0.25, 0.3) is 0 Å². The minimum absolute atomic E-state index is 0.128. The summed E-state index contributed by atoms with van der Waals surface area (Å²) in [6.45, 7) is 0. The second-order valence-corrected chi connectivity index (χ2v) is 3.40. The van der Waals surface area contributed by atoms with E-state index in [1.165, 1.54) is 12.1 Å².